The first-order valence-electron chi connectivity index (χ1n) is 9.94. The molecule has 0 amide bonds. The Labute approximate surface area is 159 Å². The highest BCUT2D eigenvalue weighted by Crippen LogP contribution is 2.62. The van der Waals surface area contributed by atoms with E-state index < -0.39 is 18.7 Å². The van der Waals surface area contributed by atoms with Crippen LogP contribution in [0.1, 0.15) is 52.4 Å². The van der Waals surface area contributed by atoms with Crippen LogP contribution in [0.5, 0.6) is 0 Å². The van der Waals surface area contributed by atoms with Crippen LogP contribution in [0.3, 0.4) is 0 Å². The summed E-state index contributed by atoms with van der Waals surface area (Å²) in [6, 6.07) is 0. The summed E-state index contributed by atoms with van der Waals surface area (Å²) in [6.07, 6.45) is 11.2. The SMILES string of the molecule is C[C@@]12CCC[C@H]1[C@@H]1CC=C3C=C(OC(O)CC(=O)O)C=C[C@]3(C)[C@H]1C(=O)C2. The number of allylic oxidation sites excluding steroid dienone is 5. The third kappa shape index (κ3) is 2.96. The van der Waals surface area contributed by atoms with Crippen molar-refractivity contribution in [3.05, 3.63) is 35.6 Å². The van der Waals surface area contributed by atoms with Crippen molar-refractivity contribution in [2.45, 2.75) is 58.7 Å². The number of rotatable bonds is 4. The molecule has 0 aromatic carbocycles. The number of aliphatic hydroxyl groups excluding tert-OH is 1. The molecule has 2 saturated carbocycles. The van der Waals surface area contributed by atoms with Gasteiger partial charge in [-0.1, -0.05) is 32.4 Å². The van der Waals surface area contributed by atoms with Crippen molar-refractivity contribution in [1.29, 1.82) is 0 Å². The Morgan fingerprint density at radius 3 is 2.93 bits per heavy atom. The van der Waals surface area contributed by atoms with Crippen molar-refractivity contribution in [3.8, 4) is 0 Å². The Bertz CT molecular complexity index is 763. The van der Waals surface area contributed by atoms with Gasteiger partial charge in [0, 0.05) is 17.8 Å². The number of aliphatic hydroxyl groups is 1. The summed E-state index contributed by atoms with van der Waals surface area (Å²) in [6.45, 7) is 4.43. The molecule has 0 saturated heterocycles. The number of ether oxygens (including phenoxy) is 1. The summed E-state index contributed by atoms with van der Waals surface area (Å²) < 4.78 is 5.37. The van der Waals surface area contributed by atoms with Gasteiger partial charge in [0.25, 0.3) is 0 Å². The molecule has 0 aromatic rings. The van der Waals surface area contributed by atoms with E-state index in [9.17, 15) is 14.7 Å². The maximum Gasteiger partial charge on any atom is 0.309 e. The molecule has 4 aliphatic rings. The largest absolute Gasteiger partial charge is 0.481 e. The zero-order chi connectivity index (χ0) is 19.4. The van der Waals surface area contributed by atoms with Gasteiger partial charge in [0.15, 0.2) is 0 Å². The molecule has 0 heterocycles. The van der Waals surface area contributed by atoms with E-state index in [0.717, 1.165) is 18.4 Å². The fourth-order valence-electron chi connectivity index (χ4n) is 6.22. The van der Waals surface area contributed by atoms with Crippen LogP contribution in [0.15, 0.2) is 35.6 Å². The number of ketones is 1. The van der Waals surface area contributed by atoms with Gasteiger partial charge in [0.05, 0.1) is 0 Å². The summed E-state index contributed by atoms with van der Waals surface area (Å²) in [5, 5.41) is 18.5. The van der Waals surface area contributed by atoms with E-state index in [1.807, 2.05) is 12.2 Å². The lowest BCUT2D eigenvalue weighted by Crippen LogP contribution is -2.51. The van der Waals surface area contributed by atoms with Crippen molar-refractivity contribution in [1.82, 2.24) is 0 Å². The maximum atomic E-state index is 13.2. The fraction of sp³-hybridized carbons (Fsp3) is 0.636. The first-order chi connectivity index (χ1) is 12.7. The fourth-order valence-corrected chi connectivity index (χ4v) is 6.22. The molecule has 4 rings (SSSR count). The number of hydrogen-bond donors (Lipinski definition) is 2. The lowest BCUT2D eigenvalue weighted by Gasteiger charge is -2.53. The van der Waals surface area contributed by atoms with Gasteiger partial charge in [-0.2, -0.15) is 0 Å². The number of Topliss-reactive ketones (excluding diaryl/α,β-unsaturated/α-hetero) is 1. The Morgan fingerprint density at radius 1 is 1.41 bits per heavy atom. The van der Waals surface area contributed by atoms with Crippen molar-refractivity contribution in [3.63, 3.8) is 0 Å². The van der Waals surface area contributed by atoms with Gasteiger partial charge in [0.1, 0.15) is 18.0 Å². The topological polar surface area (TPSA) is 83.8 Å². The molecule has 0 bridgehead atoms. The molecule has 2 fully saturated rings. The van der Waals surface area contributed by atoms with Gasteiger partial charge in [-0.25, -0.2) is 0 Å². The minimum atomic E-state index is -1.38. The minimum absolute atomic E-state index is 0.00771. The highest BCUT2D eigenvalue weighted by molar-refractivity contribution is 5.85. The second-order valence-electron chi connectivity index (χ2n) is 9.17. The zero-order valence-electron chi connectivity index (χ0n) is 16.0. The third-order valence-electron chi connectivity index (χ3n) is 7.42. The predicted octanol–water partition coefficient (Wildman–Crippen LogP) is 3.60. The highest BCUT2D eigenvalue weighted by atomic mass is 16.6. The Balaban J connectivity index is 1.61. The molecule has 146 valence electrons. The van der Waals surface area contributed by atoms with Crippen molar-refractivity contribution >= 4 is 11.8 Å². The van der Waals surface area contributed by atoms with E-state index in [1.165, 1.54) is 12.8 Å². The predicted molar refractivity (Wildman–Crippen MR) is 99.4 cm³/mol. The van der Waals surface area contributed by atoms with Crippen LogP contribution in [0, 0.1) is 28.6 Å². The van der Waals surface area contributed by atoms with Crippen LogP contribution in [0.2, 0.25) is 0 Å². The molecular formula is C22H28O5. The molecule has 0 radical (unpaired) electrons. The standard InChI is InChI=1S/C22H28O5/c1-21-8-3-4-16(21)15-6-5-13-10-14(27-19(26)11-18(24)25)7-9-22(13,2)20(15)17(23)12-21/h5,7,9-10,15-16,19-20,26H,3-4,6,8,11-12H2,1-2H3,(H,24,25)/t15-,16-,19?,20+,21-,22-/m0/s1. The Hall–Kier alpha value is -1.88. The first kappa shape index (κ1) is 18.5. The van der Waals surface area contributed by atoms with E-state index in [1.54, 1.807) is 6.08 Å². The summed E-state index contributed by atoms with van der Waals surface area (Å²) >= 11 is 0. The van der Waals surface area contributed by atoms with Gasteiger partial charge in [-0.15, -0.1) is 0 Å². The smallest absolute Gasteiger partial charge is 0.309 e. The van der Waals surface area contributed by atoms with Crippen LogP contribution in [-0.2, 0) is 14.3 Å². The Kier molecular flexibility index (Phi) is 4.34. The molecule has 5 nitrogen and oxygen atoms in total. The molecule has 6 atom stereocenters. The molecule has 0 aliphatic heterocycles. The molecular weight excluding hydrogens is 344 g/mol. The Morgan fingerprint density at radius 2 is 2.19 bits per heavy atom. The van der Waals surface area contributed by atoms with Gasteiger partial charge >= 0.3 is 5.97 Å². The van der Waals surface area contributed by atoms with Gasteiger partial charge in [0.2, 0.25) is 6.29 Å². The molecule has 0 aromatic heterocycles. The quantitative estimate of drug-likeness (QED) is 0.737. The molecule has 0 spiro atoms. The summed E-state index contributed by atoms with van der Waals surface area (Å²) in [5.41, 5.74) is 0.858. The van der Waals surface area contributed by atoms with E-state index in [2.05, 4.69) is 19.9 Å². The normalized spacial score (nSPS) is 41.0. The number of aliphatic carboxylic acids is 1. The third-order valence-corrected chi connectivity index (χ3v) is 7.42. The van der Waals surface area contributed by atoms with Gasteiger partial charge in [-0.05, 0) is 54.2 Å². The van der Waals surface area contributed by atoms with Gasteiger partial charge in [-0.3, -0.25) is 9.59 Å². The molecule has 5 heteroatoms. The maximum absolute atomic E-state index is 13.2. The van der Waals surface area contributed by atoms with E-state index >= 15 is 0 Å². The van der Waals surface area contributed by atoms with Crippen LogP contribution < -0.4 is 0 Å². The molecule has 1 unspecified atom stereocenters. The number of carbonyl (C=O) groups excluding carboxylic acids is 1. The van der Waals surface area contributed by atoms with Crippen molar-refractivity contribution in [2.24, 2.45) is 28.6 Å². The average molecular weight is 372 g/mol. The molecule has 4 aliphatic carbocycles. The average Bonchev–Trinajstić information content (AvgIpc) is 2.95. The van der Waals surface area contributed by atoms with Crippen LogP contribution >= 0.6 is 0 Å². The number of fused-ring (bicyclic) bond motifs is 5. The summed E-state index contributed by atoms with van der Waals surface area (Å²) in [7, 11) is 0. The van der Waals surface area contributed by atoms with Crippen LogP contribution in [-0.4, -0.2) is 28.3 Å². The first-order valence-corrected chi connectivity index (χ1v) is 9.94. The number of hydrogen-bond acceptors (Lipinski definition) is 4. The molecule has 27 heavy (non-hydrogen) atoms. The van der Waals surface area contributed by atoms with Gasteiger partial charge < -0.3 is 14.9 Å². The number of carboxylic acid groups (broad SMARTS) is 1. The minimum Gasteiger partial charge on any atom is -0.481 e. The second-order valence-corrected chi connectivity index (χ2v) is 9.17. The van der Waals surface area contributed by atoms with Crippen molar-refractivity contribution < 1.29 is 24.5 Å². The number of carbonyl (C=O) groups is 2. The highest BCUT2D eigenvalue weighted by Gasteiger charge is 2.58. The second kappa shape index (κ2) is 6.33. The zero-order valence-corrected chi connectivity index (χ0v) is 16.0. The van der Waals surface area contributed by atoms with E-state index in [0.29, 0.717) is 29.8 Å². The number of carboxylic acids is 1. The van der Waals surface area contributed by atoms with Crippen molar-refractivity contribution in [2.75, 3.05) is 0 Å². The summed E-state index contributed by atoms with van der Waals surface area (Å²) in [5.74, 6) is 0.710. The lowest BCUT2D eigenvalue weighted by molar-refractivity contribution is -0.147. The van der Waals surface area contributed by atoms with E-state index in [4.69, 9.17) is 9.84 Å². The van der Waals surface area contributed by atoms with E-state index in [-0.39, 0.29) is 16.7 Å². The summed E-state index contributed by atoms with van der Waals surface area (Å²) in [4.78, 5) is 23.9. The monoisotopic (exact) mass is 372 g/mol. The lowest BCUT2D eigenvalue weighted by atomic mass is 9.49. The van der Waals surface area contributed by atoms with Crippen LogP contribution in [0.25, 0.3) is 0 Å². The van der Waals surface area contributed by atoms with Crippen LogP contribution in [0.4, 0.5) is 0 Å². The molecule has 2 N–H and O–H groups in total.